The first-order valence-electron chi connectivity index (χ1n) is 8.30. The van der Waals surface area contributed by atoms with Crippen molar-refractivity contribution in [3.05, 3.63) is 71.8 Å². The zero-order valence-corrected chi connectivity index (χ0v) is 14.2. The van der Waals surface area contributed by atoms with E-state index in [1.54, 1.807) is 18.2 Å². The number of rotatable bonds is 3. The van der Waals surface area contributed by atoms with Crippen LogP contribution in [0.4, 0.5) is 0 Å². The largest absolute Gasteiger partial charge is 0.508 e. The van der Waals surface area contributed by atoms with Gasteiger partial charge in [0.05, 0.1) is 7.11 Å². The molecule has 3 N–H and O–H groups in total. The molecule has 4 aromatic rings. The van der Waals surface area contributed by atoms with Crippen LogP contribution in [0, 0.1) is 0 Å². The molecule has 4 heteroatoms. The van der Waals surface area contributed by atoms with Crippen LogP contribution >= 0.6 is 0 Å². The Morgan fingerprint density at radius 3 is 2.27 bits per heavy atom. The maximum absolute atomic E-state index is 10.6. The highest BCUT2D eigenvalue weighted by Crippen LogP contribution is 2.48. The summed E-state index contributed by atoms with van der Waals surface area (Å²) >= 11 is 0. The fourth-order valence-corrected chi connectivity index (χ4v) is 3.49. The summed E-state index contributed by atoms with van der Waals surface area (Å²) in [5, 5.41) is 34.1. The Bertz CT molecular complexity index is 1120. The Kier molecular flexibility index (Phi) is 3.81. The van der Waals surface area contributed by atoms with E-state index in [0.29, 0.717) is 17.4 Å². The van der Waals surface area contributed by atoms with Crippen molar-refractivity contribution in [1.29, 1.82) is 0 Å². The minimum Gasteiger partial charge on any atom is -0.508 e. The quantitative estimate of drug-likeness (QED) is 0.371. The van der Waals surface area contributed by atoms with Crippen LogP contribution in [0.3, 0.4) is 0 Å². The van der Waals surface area contributed by atoms with Gasteiger partial charge in [0.15, 0.2) is 11.5 Å². The number of hydrogen-bond acceptors (Lipinski definition) is 4. The van der Waals surface area contributed by atoms with E-state index in [-0.39, 0.29) is 23.0 Å². The van der Waals surface area contributed by atoms with Gasteiger partial charge in [0.2, 0.25) is 5.75 Å². The van der Waals surface area contributed by atoms with Crippen LogP contribution in [-0.2, 0) is 6.42 Å². The topological polar surface area (TPSA) is 69.9 Å². The van der Waals surface area contributed by atoms with Crippen LogP contribution in [0.5, 0.6) is 23.0 Å². The number of ether oxygens (including phenoxy) is 1. The van der Waals surface area contributed by atoms with Crippen molar-refractivity contribution in [3.8, 4) is 23.0 Å². The van der Waals surface area contributed by atoms with Crippen LogP contribution in [0.15, 0.2) is 60.7 Å². The molecule has 0 saturated heterocycles. The maximum Gasteiger partial charge on any atom is 0.201 e. The normalized spacial score (nSPS) is 11.1. The van der Waals surface area contributed by atoms with Crippen LogP contribution in [0.1, 0.15) is 11.1 Å². The summed E-state index contributed by atoms with van der Waals surface area (Å²) in [7, 11) is 1.46. The SMILES string of the molecule is COc1c(O)c(O)c(Cc2ccccc2)c2ccc3cc(O)ccc3c12. The number of methoxy groups -OCH3 is 1. The Labute approximate surface area is 150 Å². The number of phenolic OH excluding ortho intramolecular Hbond substituents is 3. The minimum absolute atomic E-state index is 0.170. The highest BCUT2D eigenvalue weighted by molar-refractivity contribution is 6.13. The van der Waals surface area contributed by atoms with Crippen LogP contribution in [0.2, 0.25) is 0 Å². The third-order valence-corrected chi connectivity index (χ3v) is 4.71. The second-order valence-electron chi connectivity index (χ2n) is 6.26. The molecule has 0 saturated carbocycles. The highest BCUT2D eigenvalue weighted by Gasteiger charge is 2.21. The van der Waals surface area contributed by atoms with E-state index in [1.165, 1.54) is 7.11 Å². The third kappa shape index (κ3) is 2.47. The van der Waals surface area contributed by atoms with E-state index < -0.39 is 0 Å². The average molecular weight is 346 g/mol. The van der Waals surface area contributed by atoms with Gasteiger partial charge in [-0.2, -0.15) is 0 Å². The van der Waals surface area contributed by atoms with Gasteiger partial charge in [0.1, 0.15) is 5.75 Å². The summed E-state index contributed by atoms with van der Waals surface area (Å²) in [6.45, 7) is 0. The van der Waals surface area contributed by atoms with Crippen molar-refractivity contribution >= 4 is 21.5 Å². The molecule has 130 valence electrons. The van der Waals surface area contributed by atoms with E-state index in [9.17, 15) is 15.3 Å². The summed E-state index contributed by atoms with van der Waals surface area (Å²) < 4.78 is 5.41. The van der Waals surface area contributed by atoms with Crippen molar-refractivity contribution in [3.63, 3.8) is 0 Å². The minimum atomic E-state index is -0.272. The van der Waals surface area contributed by atoms with Gasteiger partial charge in [-0.3, -0.25) is 0 Å². The molecule has 4 nitrogen and oxygen atoms in total. The van der Waals surface area contributed by atoms with Gasteiger partial charge in [0.25, 0.3) is 0 Å². The van der Waals surface area contributed by atoms with E-state index in [4.69, 9.17) is 4.74 Å². The number of hydrogen-bond donors (Lipinski definition) is 3. The standard InChI is InChI=1S/C22H18O4/c1-26-22-19-16-10-8-15(23)12-14(16)7-9-17(19)18(20(24)21(22)25)11-13-5-3-2-4-6-13/h2-10,12,23-25H,11H2,1H3. The predicted octanol–water partition coefficient (Wildman–Crippen LogP) is 4.71. The van der Waals surface area contributed by atoms with Crippen LogP contribution in [-0.4, -0.2) is 22.4 Å². The van der Waals surface area contributed by atoms with Crippen molar-refractivity contribution in [2.24, 2.45) is 0 Å². The molecule has 0 aliphatic carbocycles. The second kappa shape index (κ2) is 6.15. The molecule has 0 atom stereocenters. The van der Waals surface area contributed by atoms with E-state index in [1.807, 2.05) is 42.5 Å². The van der Waals surface area contributed by atoms with Gasteiger partial charge in [-0.05, 0) is 39.9 Å². The van der Waals surface area contributed by atoms with Crippen molar-refractivity contribution < 1.29 is 20.1 Å². The van der Waals surface area contributed by atoms with Crippen molar-refractivity contribution in [1.82, 2.24) is 0 Å². The average Bonchev–Trinajstić information content (AvgIpc) is 2.66. The van der Waals surface area contributed by atoms with Crippen molar-refractivity contribution in [2.75, 3.05) is 7.11 Å². The van der Waals surface area contributed by atoms with Gasteiger partial charge in [-0.1, -0.05) is 42.5 Å². The monoisotopic (exact) mass is 346 g/mol. The molecule has 4 aromatic carbocycles. The van der Waals surface area contributed by atoms with Gasteiger partial charge in [0, 0.05) is 17.4 Å². The first-order chi connectivity index (χ1) is 12.6. The molecule has 0 bridgehead atoms. The first kappa shape index (κ1) is 16.1. The molecule has 0 aliphatic rings. The summed E-state index contributed by atoms with van der Waals surface area (Å²) in [6, 6.07) is 18.6. The number of benzene rings is 4. The van der Waals surface area contributed by atoms with Gasteiger partial charge in [-0.25, -0.2) is 0 Å². The summed E-state index contributed by atoms with van der Waals surface area (Å²) in [5.74, 6) is -0.0447. The third-order valence-electron chi connectivity index (χ3n) is 4.71. The van der Waals surface area contributed by atoms with Gasteiger partial charge < -0.3 is 20.1 Å². The Morgan fingerprint density at radius 2 is 1.54 bits per heavy atom. The molecule has 0 unspecified atom stereocenters. The van der Waals surface area contributed by atoms with Crippen LogP contribution < -0.4 is 4.74 Å². The fraction of sp³-hybridized carbons (Fsp3) is 0.0909. The zero-order valence-electron chi connectivity index (χ0n) is 14.2. The Morgan fingerprint density at radius 1 is 0.808 bits per heavy atom. The molecular formula is C22H18O4. The first-order valence-corrected chi connectivity index (χ1v) is 8.30. The predicted molar refractivity (Wildman–Crippen MR) is 102 cm³/mol. The number of fused-ring (bicyclic) bond motifs is 3. The lowest BCUT2D eigenvalue weighted by Crippen LogP contribution is -1.95. The molecule has 0 amide bonds. The lowest BCUT2D eigenvalue weighted by atomic mass is 9.93. The molecule has 4 rings (SSSR count). The maximum atomic E-state index is 10.6. The number of aromatic hydroxyl groups is 3. The molecule has 0 radical (unpaired) electrons. The van der Waals surface area contributed by atoms with Crippen molar-refractivity contribution in [2.45, 2.75) is 6.42 Å². The lowest BCUT2D eigenvalue weighted by molar-refractivity contribution is 0.353. The zero-order chi connectivity index (χ0) is 18.3. The molecule has 0 aromatic heterocycles. The van der Waals surface area contributed by atoms with E-state index >= 15 is 0 Å². The summed E-state index contributed by atoms with van der Waals surface area (Å²) in [5.41, 5.74) is 1.67. The summed E-state index contributed by atoms with van der Waals surface area (Å²) in [6.07, 6.45) is 0.477. The molecule has 0 aliphatic heterocycles. The van der Waals surface area contributed by atoms with E-state index in [2.05, 4.69) is 0 Å². The molecule has 0 heterocycles. The molecule has 26 heavy (non-hydrogen) atoms. The molecule has 0 fully saturated rings. The Balaban J connectivity index is 2.09. The Hall–Kier alpha value is -3.40. The lowest BCUT2D eigenvalue weighted by Gasteiger charge is -2.17. The summed E-state index contributed by atoms with van der Waals surface area (Å²) in [4.78, 5) is 0. The smallest absolute Gasteiger partial charge is 0.201 e. The molecule has 0 spiro atoms. The second-order valence-corrected chi connectivity index (χ2v) is 6.26. The number of phenols is 3. The molecular weight excluding hydrogens is 328 g/mol. The van der Waals surface area contributed by atoms with Gasteiger partial charge >= 0.3 is 0 Å². The highest BCUT2D eigenvalue weighted by atomic mass is 16.5. The van der Waals surface area contributed by atoms with Crippen LogP contribution in [0.25, 0.3) is 21.5 Å². The van der Waals surface area contributed by atoms with E-state index in [0.717, 1.165) is 21.7 Å². The fourth-order valence-electron chi connectivity index (χ4n) is 3.49. The van der Waals surface area contributed by atoms with Gasteiger partial charge in [-0.15, -0.1) is 0 Å².